The quantitative estimate of drug-likeness (QED) is 0.870. The minimum absolute atomic E-state index is 0.0291. The van der Waals surface area contributed by atoms with Gasteiger partial charge < -0.3 is 14.7 Å². The van der Waals surface area contributed by atoms with Crippen LogP contribution in [-0.4, -0.2) is 48.7 Å². The van der Waals surface area contributed by atoms with Crippen molar-refractivity contribution >= 4 is 39.1 Å². The maximum absolute atomic E-state index is 12.2. The van der Waals surface area contributed by atoms with Gasteiger partial charge >= 0.3 is 5.97 Å². The minimum Gasteiger partial charge on any atom is -0.481 e. The van der Waals surface area contributed by atoms with E-state index in [1.807, 2.05) is 12.1 Å². The summed E-state index contributed by atoms with van der Waals surface area (Å²) in [7, 11) is 1.48. The van der Waals surface area contributed by atoms with E-state index in [2.05, 4.69) is 15.9 Å². The van der Waals surface area contributed by atoms with E-state index in [0.717, 1.165) is 8.66 Å². The molecule has 110 valence electrons. The van der Waals surface area contributed by atoms with Gasteiger partial charge in [-0.05, 0) is 34.5 Å². The normalized spacial score (nSPS) is 22.2. The van der Waals surface area contributed by atoms with Crippen molar-refractivity contribution in [3.05, 3.63) is 20.8 Å². The molecule has 1 aliphatic heterocycles. The van der Waals surface area contributed by atoms with Gasteiger partial charge in [0.15, 0.2) is 0 Å². The molecule has 7 heteroatoms. The molecule has 0 radical (unpaired) electrons. The number of halogens is 1. The Balaban J connectivity index is 2.01. The Morgan fingerprint density at radius 3 is 2.85 bits per heavy atom. The molecule has 1 saturated heterocycles. The monoisotopic (exact) mass is 361 g/mol. The van der Waals surface area contributed by atoms with Gasteiger partial charge in [-0.15, -0.1) is 11.3 Å². The van der Waals surface area contributed by atoms with Gasteiger partial charge in [-0.2, -0.15) is 0 Å². The third kappa shape index (κ3) is 3.21. The summed E-state index contributed by atoms with van der Waals surface area (Å²) in [5, 5.41) is 9.37. The zero-order valence-electron chi connectivity index (χ0n) is 11.1. The maximum Gasteiger partial charge on any atom is 0.313 e. The highest BCUT2D eigenvalue weighted by molar-refractivity contribution is 9.11. The average Bonchev–Trinajstić information content (AvgIpc) is 2.98. The molecule has 5 nitrogen and oxygen atoms in total. The summed E-state index contributed by atoms with van der Waals surface area (Å²) in [4.78, 5) is 26.2. The van der Waals surface area contributed by atoms with E-state index < -0.39 is 11.4 Å². The van der Waals surface area contributed by atoms with Crippen LogP contribution in [0.15, 0.2) is 15.9 Å². The van der Waals surface area contributed by atoms with Crippen molar-refractivity contribution in [2.45, 2.75) is 12.8 Å². The van der Waals surface area contributed by atoms with E-state index in [-0.39, 0.29) is 19.1 Å². The lowest BCUT2D eigenvalue weighted by Crippen LogP contribution is -2.40. The fourth-order valence-corrected chi connectivity index (χ4v) is 3.90. The van der Waals surface area contributed by atoms with Crippen LogP contribution >= 0.6 is 27.3 Å². The van der Waals surface area contributed by atoms with Crippen molar-refractivity contribution in [2.24, 2.45) is 5.41 Å². The van der Waals surface area contributed by atoms with Crippen LogP contribution in [0.4, 0.5) is 0 Å². The van der Waals surface area contributed by atoms with Crippen molar-refractivity contribution in [1.29, 1.82) is 0 Å². The van der Waals surface area contributed by atoms with Gasteiger partial charge in [-0.3, -0.25) is 9.59 Å². The topological polar surface area (TPSA) is 66.8 Å². The summed E-state index contributed by atoms with van der Waals surface area (Å²) in [6.45, 7) is 0.833. The lowest BCUT2D eigenvalue weighted by molar-refractivity contribution is -0.151. The van der Waals surface area contributed by atoms with Crippen molar-refractivity contribution in [3.63, 3.8) is 0 Å². The number of rotatable bonds is 5. The molecule has 2 heterocycles. The molecule has 0 aromatic carbocycles. The van der Waals surface area contributed by atoms with Gasteiger partial charge in [-0.1, -0.05) is 0 Å². The number of methoxy groups -OCH3 is 1. The second-order valence-corrected chi connectivity index (χ2v) is 7.51. The summed E-state index contributed by atoms with van der Waals surface area (Å²) < 4.78 is 6.00. The van der Waals surface area contributed by atoms with E-state index in [4.69, 9.17) is 4.74 Å². The first-order chi connectivity index (χ1) is 9.47. The minimum atomic E-state index is -0.958. The first-order valence-corrected chi connectivity index (χ1v) is 7.82. The number of carbonyl (C=O) groups is 2. The van der Waals surface area contributed by atoms with Crippen molar-refractivity contribution in [2.75, 3.05) is 26.8 Å². The highest BCUT2D eigenvalue weighted by atomic mass is 79.9. The standard InChI is InChI=1S/C13H16BrNO4S/c1-19-8-13(12(17)18)4-5-15(7-13)11(16)6-9-2-3-10(14)20-9/h2-3H,4-8H2,1H3,(H,17,18). The van der Waals surface area contributed by atoms with Crippen LogP contribution < -0.4 is 0 Å². The molecule has 2 rings (SSSR count). The molecular formula is C13H16BrNO4S. The van der Waals surface area contributed by atoms with Gasteiger partial charge in [0, 0.05) is 25.1 Å². The molecule has 20 heavy (non-hydrogen) atoms. The molecule has 1 aromatic heterocycles. The van der Waals surface area contributed by atoms with E-state index >= 15 is 0 Å². The number of likely N-dealkylation sites (tertiary alicyclic amines) is 1. The molecule has 1 aromatic rings. The number of hydrogen-bond donors (Lipinski definition) is 1. The predicted octanol–water partition coefficient (Wildman–Crippen LogP) is 2.00. The van der Waals surface area contributed by atoms with Crippen LogP contribution in [0, 0.1) is 5.41 Å². The van der Waals surface area contributed by atoms with Gasteiger partial charge in [0.05, 0.1) is 16.8 Å². The smallest absolute Gasteiger partial charge is 0.313 e. The van der Waals surface area contributed by atoms with E-state index in [9.17, 15) is 14.7 Å². The predicted molar refractivity (Wildman–Crippen MR) is 78.9 cm³/mol. The number of amides is 1. The summed E-state index contributed by atoms with van der Waals surface area (Å²) in [5.41, 5.74) is -0.958. The number of carboxylic acid groups (broad SMARTS) is 1. The largest absolute Gasteiger partial charge is 0.481 e. The Kier molecular flexibility index (Phi) is 4.82. The fourth-order valence-electron chi connectivity index (χ4n) is 2.42. The Morgan fingerprint density at radius 1 is 1.55 bits per heavy atom. The molecule has 1 unspecified atom stereocenters. The van der Waals surface area contributed by atoms with Crippen LogP contribution in [0.2, 0.25) is 0 Å². The second kappa shape index (κ2) is 6.24. The Bertz CT molecular complexity index is 518. The second-order valence-electron chi connectivity index (χ2n) is 4.97. The highest BCUT2D eigenvalue weighted by Gasteiger charge is 2.46. The number of thiophene rings is 1. The summed E-state index contributed by atoms with van der Waals surface area (Å²) in [5.74, 6) is -0.924. The number of carboxylic acids is 1. The lowest BCUT2D eigenvalue weighted by Gasteiger charge is -2.23. The SMILES string of the molecule is COCC1(C(=O)O)CCN(C(=O)Cc2ccc(Br)s2)C1. The van der Waals surface area contributed by atoms with Crippen LogP contribution in [0.3, 0.4) is 0 Å². The summed E-state index contributed by atoms with van der Waals surface area (Å²) in [6.07, 6.45) is 0.759. The maximum atomic E-state index is 12.2. The first-order valence-electron chi connectivity index (χ1n) is 6.21. The number of carbonyl (C=O) groups excluding carboxylic acids is 1. The van der Waals surface area contributed by atoms with Crippen molar-refractivity contribution in [3.8, 4) is 0 Å². The molecule has 0 saturated carbocycles. The summed E-state index contributed by atoms with van der Waals surface area (Å²) in [6, 6.07) is 3.81. The van der Waals surface area contributed by atoms with Crippen LogP contribution in [0.25, 0.3) is 0 Å². The molecule has 0 bridgehead atoms. The first kappa shape index (κ1) is 15.5. The van der Waals surface area contributed by atoms with E-state index in [0.29, 0.717) is 19.4 Å². The van der Waals surface area contributed by atoms with Crippen LogP contribution in [0.5, 0.6) is 0 Å². The van der Waals surface area contributed by atoms with Crippen LogP contribution in [-0.2, 0) is 20.7 Å². The van der Waals surface area contributed by atoms with E-state index in [1.165, 1.54) is 18.4 Å². The zero-order valence-corrected chi connectivity index (χ0v) is 13.5. The average molecular weight is 362 g/mol. The molecule has 0 spiro atoms. The molecule has 1 N–H and O–H groups in total. The van der Waals surface area contributed by atoms with Crippen molar-refractivity contribution < 1.29 is 19.4 Å². The van der Waals surface area contributed by atoms with E-state index in [1.54, 1.807) is 4.90 Å². The Hall–Kier alpha value is -0.920. The molecule has 1 amide bonds. The Morgan fingerprint density at radius 2 is 2.30 bits per heavy atom. The molecular weight excluding hydrogens is 346 g/mol. The van der Waals surface area contributed by atoms with Crippen molar-refractivity contribution in [1.82, 2.24) is 4.90 Å². The third-order valence-electron chi connectivity index (χ3n) is 3.54. The number of hydrogen-bond acceptors (Lipinski definition) is 4. The van der Waals surface area contributed by atoms with Gasteiger partial charge in [0.25, 0.3) is 0 Å². The molecule has 1 fully saturated rings. The summed E-state index contributed by atoms with van der Waals surface area (Å²) >= 11 is 4.88. The Labute approximate surface area is 129 Å². The van der Waals surface area contributed by atoms with Gasteiger partial charge in [0.1, 0.15) is 5.41 Å². The number of nitrogens with zero attached hydrogens (tertiary/aromatic N) is 1. The molecule has 1 aliphatic rings. The van der Waals surface area contributed by atoms with Gasteiger partial charge in [-0.25, -0.2) is 0 Å². The zero-order chi connectivity index (χ0) is 14.8. The number of aliphatic carboxylic acids is 1. The van der Waals surface area contributed by atoms with Crippen LogP contribution in [0.1, 0.15) is 11.3 Å². The van der Waals surface area contributed by atoms with Gasteiger partial charge in [0.2, 0.25) is 5.91 Å². The fraction of sp³-hybridized carbons (Fsp3) is 0.538. The molecule has 0 aliphatic carbocycles. The highest BCUT2D eigenvalue weighted by Crippen LogP contribution is 2.32. The third-order valence-corrected chi connectivity index (χ3v) is 5.16. The number of ether oxygens (including phenoxy) is 1. The lowest BCUT2D eigenvalue weighted by atomic mass is 9.88. The molecule has 1 atom stereocenters.